The number of benzene rings is 3. The van der Waals surface area contributed by atoms with Crippen molar-refractivity contribution in [3.63, 3.8) is 0 Å². The quantitative estimate of drug-likeness (QED) is 0.197. The first-order valence-electron chi connectivity index (χ1n) is 9.38. The predicted octanol–water partition coefficient (Wildman–Crippen LogP) is 4.58. The highest BCUT2D eigenvalue weighted by atomic mass is 35.5. The van der Waals surface area contributed by atoms with Gasteiger partial charge < -0.3 is 10.2 Å². The number of Topliss-reactive ketones (excluding diaryl/α,β-unsaturated/α-hetero) is 1. The van der Waals surface area contributed by atoms with E-state index in [0.29, 0.717) is 16.3 Å². The van der Waals surface area contributed by atoms with E-state index >= 15 is 0 Å². The van der Waals surface area contributed by atoms with Crippen LogP contribution in [0.25, 0.3) is 5.76 Å². The van der Waals surface area contributed by atoms with Gasteiger partial charge in [0.05, 0.1) is 16.5 Å². The summed E-state index contributed by atoms with van der Waals surface area (Å²) in [6, 6.07) is 16.2. The molecule has 0 aliphatic carbocycles. The van der Waals surface area contributed by atoms with E-state index in [1.54, 1.807) is 24.3 Å². The maximum atomic E-state index is 13.0. The molecule has 1 heterocycles. The zero-order valence-electron chi connectivity index (χ0n) is 16.3. The zero-order chi connectivity index (χ0) is 23.0. The van der Waals surface area contributed by atoms with E-state index in [1.165, 1.54) is 53.4 Å². The summed E-state index contributed by atoms with van der Waals surface area (Å²) in [6.07, 6.45) is 0. The van der Waals surface area contributed by atoms with Crippen LogP contribution < -0.4 is 4.90 Å². The highest BCUT2D eigenvalue weighted by Gasteiger charge is 2.47. The maximum absolute atomic E-state index is 13.0. The van der Waals surface area contributed by atoms with Crippen LogP contribution in [-0.4, -0.2) is 26.8 Å². The van der Waals surface area contributed by atoms with Crippen LogP contribution in [0.15, 0.2) is 78.4 Å². The van der Waals surface area contributed by atoms with Gasteiger partial charge in [0.15, 0.2) is 0 Å². The number of amides is 1. The number of phenols is 1. The molecule has 3 aromatic carbocycles. The van der Waals surface area contributed by atoms with Gasteiger partial charge in [0.2, 0.25) is 0 Å². The minimum atomic E-state index is -0.994. The number of halogens is 1. The lowest BCUT2D eigenvalue weighted by Crippen LogP contribution is -2.29. The lowest BCUT2D eigenvalue weighted by molar-refractivity contribution is -0.384. The molecule has 32 heavy (non-hydrogen) atoms. The van der Waals surface area contributed by atoms with Gasteiger partial charge in [-0.05, 0) is 54.1 Å². The molecular formula is C23H15ClN2O6. The minimum Gasteiger partial charge on any atom is -0.508 e. The van der Waals surface area contributed by atoms with Gasteiger partial charge in [-0.2, -0.15) is 0 Å². The number of aromatic hydroxyl groups is 1. The molecule has 1 saturated heterocycles. The van der Waals surface area contributed by atoms with Crippen LogP contribution in [0.1, 0.15) is 17.2 Å². The summed E-state index contributed by atoms with van der Waals surface area (Å²) in [6.45, 7) is 0. The number of ketones is 1. The number of hydrogen-bond acceptors (Lipinski definition) is 6. The molecule has 0 bridgehead atoms. The number of nitro benzene ring substituents is 1. The normalized spacial score (nSPS) is 17.5. The van der Waals surface area contributed by atoms with Crippen molar-refractivity contribution in [2.75, 3.05) is 4.90 Å². The number of phenolic OH excluding ortho intramolecular Hbond substituents is 1. The number of rotatable bonds is 4. The van der Waals surface area contributed by atoms with Crippen LogP contribution in [-0.2, 0) is 9.59 Å². The van der Waals surface area contributed by atoms with Gasteiger partial charge in [-0.1, -0.05) is 23.7 Å². The minimum absolute atomic E-state index is 0.00689. The Kier molecular flexibility index (Phi) is 5.38. The molecule has 0 radical (unpaired) electrons. The number of non-ortho nitro benzene ring substituents is 1. The van der Waals surface area contributed by atoms with E-state index in [4.69, 9.17) is 11.6 Å². The summed E-state index contributed by atoms with van der Waals surface area (Å²) in [5.41, 5.74) is 0.647. The molecule has 1 atom stereocenters. The van der Waals surface area contributed by atoms with Gasteiger partial charge in [-0.3, -0.25) is 24.6 Å². The van der Waals surface area contributed by atoms with Crippen LogP contribution in [0.4, 0.5) is 11.4 Å². The Bertz CT molecular complexity index is 1250. The van der Waals surface area contributed by atoms with Gasteiger partial charge in [-0.15, -0.1) is 0 Å². The van der Waals surface area contributed by atoms with Gasteiger partial charge in [0.1, 0.15) is 11.5 Å². The summed E-state index contributed by atoms with van der Waals surface area (Å²) in [7, 11) is 0. The molecule has 2 N–H and O–H groups in total. The summed E-state index contributed by atoms with van der Waals surface area (Å²) in [5, 5.41) is 32.0. The SMILES string of the molecule is O=C1C(=O)N(c2ccc(Cl)cc2)C(c2ccc(O)cc2)/C1=C(/O)c1ccc([N+](=O)[O-])cc1. The fourth-order valence-electron chi connectivity index (χ4n) is 3.57. The third-order valence-corrected chi connectivity index (χ3v) is 5.36. The maximum Gasteiger partial charge on any atom is 0.300 e. The first kappa shape index (κ1) is 21.1. The van der Waals surface area contributed by atoms with Crippen molar-refractivity contribution >= 4 is 40.4 Å². The van der Waals surface area contributed by atoms with Crippen molar-refractivity contribution in [2.45, 2.75) is 6.04 Å². The number of nitro groups is 1. The molecule has 1 fully saturated rings. The van der Waals surface area contributed by atoms with E-state index in [1.807, 2.05) is 0 Å². The van der Waals surface area contributed by atoms with E-state index in [9.17, 15) is 29.9 Å². The Morgan fingerprint density at radius 3 is 2.09 bits per heavy atom. The Morgan fingerprint density at radius 1 is 0.938 bits per heavy atom. The van der Waals surface area contributed by atoms with E-state index < -0.39 is 28.4 Å². The third-order valence-electron chi connectivity index (χ3n) is 5.11. The van der Waals surface area contributed by atoms with Crippen LogP contribution >= 0.6 is 11.6 Å². The van der Waals surface area contributed by atoms with Crippen LogP contribution in [0.3, 0.4) is 0 Å². The first-order chi connectivity index (χ1) is 15.3. The predicted molar refractivity (Wildman–Crippen MR) is 117 cm³/mol. The molecule has 1 aliphatic heterocycles. The number of aliphatic hydroxyl groups is 1. The molecule has 1 amide bonds. The van der Waals surface area contributed by atoms with Crippen molar-refractivity contribution < 1.29 is 24.7 Å². The summed E-state index contributed by atoms with van der Waals surface area (Å²) in [4.78, 5) is 37.6. The number of carbonyl (C=O) groups is 2. The fourth-order valence-corrected chi connectivity index (χ4v) is 3.70. The molecule has 0 spiro atoms. The lowest BCUT2D eigenvalue weighted by Gasteiger charge is -2.25. The molecule has 3 aromatic rings. The molecule has 9 heteroatoms. The Labute approximate surface area is 186 Å². The van der Waals surface area contributed by atoms with Crippen molar-refractivity contribution in [1.82, 2.24) is 0 Å². The number of carbonyl (C=O) groups excluding carboxylic acids is 2. The van der Waals surface area contributed by atoms with Gasteiger partial charge in [0, 0.05) is 28.4 Å². The average Bonchev–Trinajstić information content (AvgIpc) is 3.05. The van der Waals surface area contributed by atoms with Crippen molar-refractivity contribution in [3.05, 3.63) is 105 Å². The first-order valence-corrected chi connectivity index (χ1v) is 9.76. The molecule has 0 saturated carbocycles. The Balaban J connectivity index is 1.90. The standard InChI is InChI=1S/C23H15ClN2O6/c24-15-5-9-16(10-6-15)25-20(13-3-11-18(27)12-4-13)19(22(29)23(25)30)21(28)14-1-7-17(8-2-14)26(31)32/h1-12,20,27-28H/b21-19-. The second kappa shape index (κ2) is 8.16. The zero-order valence-corrected chi connectivity index (χ0v) is 17.1. The molecular weight excluding hydrogens is 436 g/mol. The van der Waals surface area contributed by atoms with Crippen molar-refractivity contribution in [2.24, 2.45) is 0 Å². The number of aliphatic hydroxyl groups excluding tert-OH is 1. The van der Waals surface area contributed by atoms with Crippen LogP contribution in [0, 0.1) is 10.1 Å². The second-order valence-electron chi connectivity index (χ2n) is 7.04. The topological polar surface area (TPSA) is 121 Å². The Hall–Kier alpha value is -4.17. The lowest BCUT2D eigenvalue weighted by atomic mass is 9.95. The average molecular weight is 451 g/mol. The number of hydrogen-bond donors (Lipinski definition) is 2. The van der Waals surface area contributed by atoms with Crippen molar-refractivity contribution in [1.29, 1.82) is 0 Å². The summed E-state index contributed by atoms with van der Waals surface area (Å²) in [5.74, 6) is -2.23. The van der Waals surface area contributed by atoms with Crippen LogP contribution in [0.2, 0.25) is 5.02 Å². The molecule has 160 valence electrons. The summed E-state index contributed by atoms with van der Waals surface area (Å²) >= 11 is 5.95. The van der Waals surface area contributed by atoms with E-state index in [0.717, 1.165) is 0 Å². The van der Waals surface area contributed by atoms with E-state index in [2.05, 4.69) is 0 Å². The highest BCUT2D eigenvalue weighted by Crippen LogP contribution is 2.42. The van der Waals surface area contributed by atoms with Crippen molar-refractivity contribution in [3.8, 4) is 5.75 Å². The van der Waals surface area contributed by atoms with Crippen LogP contribution in [0.5, 0.6) is 5.75 Å². The van der Waals surface area contributed by atoms with Gasteiger partial charge >= 0.3 is 0 Å². The largest absolute Gasteiger partial charge is 0.508 e. The summed E-state index contributed by atoms with van der Waals surface area (Å²) < 4.78 is 0. The monoisotopic (exact) mass is 450 g/mol. The van der Waals surface area contributed by atoms with Gasteiger partial charge in [0.25, 0.3) is 17.4 Å². The fraction of sp³-hybridized carbons (Fsp3) is 0.0435. The van der Waals surface area contributed by atoms with E-state index in [-0.39, 0.29) is 22.6 Å². The molecule has 1 aliphatic rings. The third kappa shape index (κ3) is 3.67. The number of nitrogens with zero attached hydrogens (tertiary/aromatic N) is 2. The second-order valence-corrected chi connectivity index (χ2v) is 7.48. The smallest absolute Gasteiger partial charge is 0.300 e. The number of anilines is 1. The van der Waals surface area contributed by atoms with Gasteiger partial charge in [-0.25, -0.2) is 0 Å². The molecule has 8 nitrogen and oxygen atoms in total. The molecule has 4 rings (SSSR count). The molecule has 0 aromatic heterocycles. The highest BCUT2D eigenvalue weighted by molar-refractivity contribution is 6.51. The Morgan fingerprint density at radius 2 is 1.53 bits per heavy atom. The molecule has 1 unspecified atom stereocenters.